The number of aryl methyl sites for hydroxylation is 1. The summed E-state index contributed by atoms with van der Waals surface area (Å²) in [6.45, 7) is 3.20. The number of nitrogens with zero attached hydrogens (tertiary/aromatic N) is 1. The molecule has 3 rings (SSSR count). The zero-order valence-corrected chi connectivity index (χ0v) is 17.9. The summed E-state index contributed by atoms with van der Waals surface area (Å²) in [6.07, 6.45) is 1.56. The van der Waals surface area contributed by atoms with E-state index in [0.717, 1.165) is 18.4 Å². The molecule has 2 aromatic rings. The topological polar surface area (TPSA) is 61.4 Å². The van der Waals surface area contributed by atoms with E-state index in [1.807, 2.05) is 31.2 Å². The van der Waals surface area contributed by atoms with Crippen LogP contribution in [0.3, 0.4) is 0 Å². The Bertz CT molecular complexity index is 919. The summed E-state index contributed by atoms with van der Waals surface area (Å²) >= 11 is -0.276. The zero-order chi connectivity index (χ0) is 22.4. The summed E-state index contributed by atoms with van der Waals surface area (Å²) in [5.41, 5.74) is -2.64. The second-order valence-electron chi connectivity index (χ2n) is 7.50. The van der Waals surface area contributed by atoms with E-state index in [-0.39, 0.29) is 34.2 Å². The van der Waals surface area contributed by atoms with Gasteiger partial charge in [0.05, 0.1) is 5.56 Å². The molecule has 0 radical (unpaired) electrons. The van der Waals surface area contributed by atoms with Crippen LogP contribution in [0.15, 0.2) is 53.4 Å². The van der Waals surface area contributed by atoms with Gasteiger partial charge in [-0.05, 0) is 61.7 Å². The van der Waals surface area contributed by atoms with Crippen molar-refractivity contribution in [2.24, 2.45) is 5.92 Å². The fourth-order valence-electron chi connectivity index (χ4n) is 3.49. The first kappa shape index (κ1) is 23.0. The number of anilines is 1. The number of halogens is 3. The SMILES string of the molecule is Cc1ccc(NC(=O)NCC2CCCN(C(=O)c3ccccc3SC(F)(F)F)C2)cc1. The third-order valence-electron chi connectivity index (χ3n) is 5.01. The van der Waals surface area contributed by atoms with Gasteiger partial charge in [0.2, 0.25) is 0 Å². The summed E-state index contributed by atoms with van der Waals surface area (Å²) in [7, 11) is 0. The number of amides is 3. The molecule has 166 valence electrons. The number of nitrogens with one attached hydrogen (secondary N) is 2. The number of alkyl halides is 3. The van der Waals surface area contributed by atoms with E-state index in [9.17, 15) is 22.8 Å². The van der Waals surface area contributed by atoms with Crippen LogP contribution < -0.4 is 10.6 Å². The van der Waals surface area contributed by atoms with Crippen molar-refractivity contribution in [3.63, 3.8) is 0 Å². The molecule has 1 aliphatic rings. The predicted molar refractivity (Wildman–Crippen MR) is 115 cm³/mol. The van der Waals surface area contributed by atoms with Gasteiger partial charge in [-0.1, -0.05) is 29.8 Å². The second-order valence-corrected chi connectivity index (χ2v) is 8.61. The van der Waals surface area contributed by atoms with Gasteiger partial charge < -0.3 is 15.5 Å². The fraction of sp³-hybridized carbons (Fsp3) is 0.364. The molecule has 5 nitrogen and oxygen atoms in total. The first-order chi connectivity index (χ1) is 14.7. The number of hydrogen-bond donors (Lipinski definition) is 2. The van der Waals surface area contributed by atoms with Gasteiger partial charge in [-0.2, -0.15) is 13.2 Å². The number of carbonyl (C=O) groups excluding carboxylic acids is 2. The molecule has 31 heavy (non-hydrogen) atoms. The largest absolute Gasteiger partial charge is 0.446 e. The maximum atomic E-state index is 12.9. The van der Waals surface area contributed by atoms with Gasteiger partial charge in [0, 0.05) is 30.2 Å². The minimum atomic E-state index is -4.46. The maximum Gasteiger partial charge on any atom is 0.446 e. The van der Waals surface area contributed by atoms with Crippen LogP contribution >= 0.6 is 11.8 Å². The lowest BCUT2D eigenvalue weighted by Gasteiger charge is -2.33. The van der Waals surface area contributed by atoms with E-state index >= 15 is 0 Å². The quantitative estimate of drug-likeness (QED) is 0.608. The van der Waals surface area contributed by atoms with Crippen molar-refractivity contribution in [2.45, 2.75) is 30.2 Å². The Labute approximate surface area is 183 Å². The van der Waals surface area contributed by atoms with Crippen molar-refractivity contribution >= 4 is 29.4 Å². The lowest BCUT2D eigenvalue weighted by molar-refractivity contribution is -0.0328. The second kappa shape index (κ2) is 10.1. The molecule has 2 N–H and O–H groups in total. The average Bonchev–Trinajstić information content (AvgIpc) is 2.73. The molecule has 1 atom stereocenters. The number of piperidine rings is 1. The highest BCUT2D eigenvalue weighted by molar-refractivity contribution is 8.00. The van der Waals surface area contributed by atoms with Crippen LogP contribution in [0.4, 0.5) is 23.7 Å². The molecule has 1 heterocycles. The van der Waals surface area contributed by atoms with Crippen molar-refractivity contribution in [2.75, 3.05) is 25.0 Å². The highest BCUT2D eigenvalue weighted by Crippen LogP contribution is 2.39. The molecule has 0 saturated carbocycles. The van der Waals surface area contributed by atoms with E-state index in [2.05, 4.69) is 10.6 Å². The molecule has 0 bridgehead atoms. The monoisotopic (exact) mass is 451 g/mol. The Hall–Kier alpha value is -2.68. The minimum absolute atomic E-state index is 0.0314. The maximum absolute atomic E-state index is 12.9. The smallest absolute Gasteiger partial charge is 0.338 e. The Morgan fingerprint density at radius 1 is 1.13 bits per heavy atom. The van der Waals surface area contributed by atoms with Gasteiger partial charge in [-0.25, -0.2) is 4.79 Å². The van der Waals surface area contributed by atoms with Crippen molar-refractivity contribution in [1.82, 2.24) is 10.2 Å². The normalized spacial score (nSPS) is 16.6. The highest BCUT2D eigenvalue weighted by Gasteiger charge is 2.33. The van der Waals surface area contributed by atoms with E-state index in [0.29, 0.717) is 25.3 Å². The molecule has 1 unspecified atom stereocenters. The van der Waals surface area contributed by atoms with Gasteiger partial charge in [0.1, 0.15) is 0 Å². The molecule has 9 heteroatoms. The van der Waals surface area contributed by atoms with Crippen molar-refractivity contribution in [1.29, 1.82) is 0 Å². The Morgan fingerprint density at radius 2 is 1.84 bits per heavy atom. The number of hydrogen-bond acceptors (Lipinski definition) is 3. The number of likely N-dealkylation sites (tertiary alicyclic amines) is 1. The Balaban J connectivity index is 1.56. The molecule has 2 aromatic carbocycles. The minimum Gasteiger partial charge on any atom is -0.338 e. The summed E-state index contributed by atoms with van der Waals surface area (Å²) in [6, 6.07) is 12.9. The third kappa shape index (κ3) is 6.92. The number of benzene rings is 2. The molecule has 1 aliphatic heterocycles. The molecular weight excluding hydrogens is 427 g/mol. The molecule has 0 spiro atoms. The predicted octanol–water partition coefficient (Wildman–Crippen LogP) is 5.28. The zero-order valence-electron chi connectivity index (χ0n) is 17.0. The molecule has 0 aliphatic carbocycles. The summed E-state index contributed by atoms with van der Waals surface area (Å²) in [4.78, 5) is 26.5. The van der Waals surface area contributed by atoms with Crippen LogP contribution in [0.25, 0.3) is 0 Å². The number of thioether (sulfide) groups is 1. The molecule has 1 saturated heterocycles. The van der Waals surface area contributed by atoms with Gasteiger partial charge in [0.25, 0.3) is 5.91 Å². The van der Waals surface area contributed by atoms with E-state index < -0.39 is 11.4 Å². The lowest BCUT2D eigenvalue weighted by atomic mass is 9.97. The molecule has 3 amide bonds. The summed E-state index contributed by atoms with van der Waals surface area (Å²) in [5.74, 6) is -0.384. The Kier molecular flexibility index (Phi) is 7.48. The van der Waals surface area contributed by atoms with Crippen LogP contribution in [0.2, 0.25) is 0 Å². The van der Waals surface area contributed by atoms with Gasteiger partial charge in [0.15, 0.2) is 0 Å². The number of carbonyl (C=O) groups is 2. The summed E-state index contributed by atoms with van der Waals surface area (Å²) < 4.78 is 38.5. The average molecular weight is 452 g/mol. The van der Waals surface area contributed by atoms with Crippen molar-refractivity contribution in [3.05, 3.63) is 59.7 Å². The van der Waals surface area contributed by atoms with Crippen LogP contribution in [0.5, 0.6) is 0 Å². The van der Waals surface area contributed by atoms with Crippen LogP contribution in [0.1, 0.15) is 28.8 Å². The Morgan fingerprint density at radius 3 is 2.55 bits per heavy atom. The van der Waals surface area contributed by atoms with E-state index in [1.54, 1.807) is 11.0 Å². The van der Waals surface area contributed by atoms with Crippen LogP contribution in [-0.2, 0) is 0 Å². The lowest BCUT2D eigenvalue weighted by Crippen LogP contribution is -2.44. The fourth-order valence-corrected chi connectivity index (χ4v) is 4.15. The van der Waals surface area contributed by atoms with E-state index in [4.69, 9.17) is 0 Å². The molecule has 0 aromatic heterocycles. The standard InChI is InChI=1S/C22H24F3N3O2S/c1-15-8-10-17(11-9-15)27-21(30)26-13-16-5-4-12-28(14-16)20(29)18-6-2-3-7-19(18)31-22(23,24)25/h2-3,6-11,16H,4-5,12-14H2,1H3,(H2,26,27,30). The summed E-state index contributed by atoms with van der Waals surface area (Å²) in [5, 5.41) is 5.57. The first-order valence-corrected chi connectivity index (χ1v) is 10.8. The van der Waals surface area contributed by atoms with E-state index in [1.165, 1.54) is 18.2 Å². The van der Waals surface area contributed by atoms with Gasteiger partial charge in [-0.3, -0.25) is 4.79 Å². The number of rotatable bonds is 5. The van der Waals surface area contributed by atoms with Crippen molar-refractivity contribution < 1.29 is 22.8 Å². The third-order valence-corrected chi connectivity index (χ3v) is 5.82. The highest BCUT2D eigenvalue weighted by atomic mass is 32.2. The number of urea groups is 1. The molecule has 1 fully saturated rings. The van der Waals surface area contributed by atoms with Crippen LogP contribution in [0, 0.1) is 12.8 Å². The van der Waals surface area contributed by atoms with Gasteiger partial charge >= 0.3 is 11.5 Å². The van der Waals surface area contributed by atoms with Crippen LogP contribution in [-0.4, -0.2) is 42.0 Å². The first-order valence-electron chi connectivity index (χ1n) is 9.97. The van der Waals surface area contributed by atoms with Crippen molar-refractivity contribution in [3.8, 4) is 0 Å². The van der Waals surface area contributed by atoms with Gasteiger partial charge in [-0.15, -0.1) is 0 Å². The molecular formula is C22H24F3N3O2S.